The Morgan fingerprint density at radius 3 is 2.50 bits per heavy atom. The van der Waals surface area contributed by atoms with Crippen LogP contribution < -0.4 is 4.74 Å². The molecule has 0 saturated carbocycles. The van der Waals surface area contributed by atoms with Gasteiger partial charge in [0.2, 0.25) is 5.88 Å². The molecule has 1 aromatic rings. The minimum atomic E-state index is -1.08. The Balaban J connectivity index is 3.24. The lowest BCUT2D eigenvalue weighted by Gasteiger charge is -2.17. The van der Waals surface area contributed by atoms with E-state index in [-0.39, 0.29) is 11.1 Å². The van der Waals surface area contributed by atoms with Crippen molar-refractivity contribution in [2.75, 3.05) is 6.61 Å². The molecule has 0 fully saturated rings. The number of nitrogens with zero attached hydrogens (tertiary/aromatic N) is 2. The fourth-order valence-electron chi connectivity index (χ4n) is 1.09. The van der Waals surface area contributed by atoms with Crippen LogP contribution in [0.1, 0.15) is 44.0 Å². The van der Waals surface area contributed by atoms with Crippen LogP contribution >= 0.6 is 0 Å². The highest BCUT2D eigenvalue weighted by Crippen LogP contribution is 2.21. The van der Waals surface area contributed by atoms with Gasteiger partial charge in [0.15, 0.2) is 5.69 Å². The van der Waals surface area contributed by atoms with Gasteiger partial charge in [-0.2, -0.15) is 4.98 Å². The van der Waals surface area contributed by atoms with E-state index in [1.165, 1.54) is 6.07 Å². The molecule has 0 amide bonds. The molecule has 0 atom stereocenters. The number of hydrogen-bond acceptors (Lipinski definition) is 4. The third kappa shape index (κ3) is 2.92. The average molecular weight is 224 g/mol. The Morgan fingerprint density at radius 1 is 1.44 bits per heavy atom. The zero-order valence-corrected chi connectivity index (χ0v) is 9.94. The predicted octanol–water partition coefficient (Wildman–Crippen LogP) is 1.87. The highest BCUT2D eigenvalue weighted by Gasteiger charge is 2.21. The second kappa shape index (κ2) is 4.47. The van der Waals surface area contributed by atoms with Crippen molar-refractivity contribution >= 4 is 5.97 Å². The normalized spacial score (nSPS) is 11.2. The molecule has 0 aliphatic rings. The first-order chi connectivity index (χ1) is 7.34. The van der Waals surface area contributed by atoms with Crippen molar-refractivity contribution in [3.63, 3.8) is 0 Å². The molecule has 0 aliphatic carbocycles. The van der Waals surface area contributed by atoms with E-state index in [4.69, 9.17) is 9.84 Å². The van der Waals surface area contributed by atoms with E-state index >= 15 is 0 Å². The molecule has 88 valence electrons. The summed E-state index contributed by atoms with van der Waals surface area (Å²) >= 11 is 0. The van der Waals surface area contributed by atoms with Crippen molar-refractivity contribution in [1.29, 1.82) is 0 Å². The lowest BCUT2D eigenvalue weighted by Crippen LogP contribution is -2.19. The van der Waals surface area contributed by atoms with Gasteiger partial charge in [-0.25, -0.2) is 9.78 Å². The molecule has 1 N–H and O–H groups in total. The van der Waals surface area contributed by atoms with E-state index in [0.717, 1.165) is 0 Å². The van der Waals surface area contributed by atoms with Crippen molar-refractivity contribution < 1.29 is 14.6 Å². The van der Waals surface area contributed by atoms with E-state index < -0.39 is 5.97 Å². The van der Waals surface area contributed by atoms with Crippen molar-refractivity contribution in [2.24, 2.45) is 0 Å². The summed E-state index contributed by atoms with van der Waals surface area (Å²) in [6, 6.07) is 1.33. The monoisotopic (exact) mass is 224 g/mol. The summed E-state index contributed by atoms with van der Waals surface area (Å²) in [4.78, 5) is 19.1. The number of aromatic nitrogens is 2. The maximum atomic E-state index is 10.9. The summed E-state index contributed by atoms with van der Waals surface area (Å²) in [6.07, 6.45) is 0. The lowest BCUT2D eigenvalue weighted by molar-refractivity contribution is 0.0689. The van der Waals surface area contributed by atoms with E-state index in [2.05, 4.69) is 9.97 Å². The number of hydrogen-bond donors (Lipinski definition) is 1. The maximum Gasteiger partial charge on any atom is 0.354 e. The smallest absolute Gasteiger partial charge is 0.354 e. The summed E-state index contributed by atoms with van der Waals surface area (Å²) < 4.78 is 5.22. The number of rotatable bonds is 3. The van der Waals surface area contributed by atoms with Crippen LogP contribution in [0.3, 0.4) is 0 Å². The van der Waals surface area contributed by atoms with Crippen molar-refractivity contribution in [1.82, 2.24) is 9.97 Å². The van der Waals surface area contributed by atoms with Gasteiger partial charge in [-0.3, -0.25) is 0 Å². The van der Waals surface area contributed by atoms with Crippen LogP contribution in [0, 0.1) is 0 Å². The number of ether oxygens (including phenoxy) is 1. The van der Waals surface area contributed by atoms with Crippen LogP contribution in [0.2, 0.25) is 0 Å². The molecule has 0 aromatic carbocycles. The maximum absolute atomic E-state index is 10.9. The molecule has 1 heterocycles. The van der Waals surface area contributed by atoms with Crippen molar-refractivity contribution in [3.8, 4) is 5.88 Å². The zero-order chi connectivity index (χ0) is 12.3. The van der Waals surface area contributed by atoms with E-state index in [1.807, 2.05) is 27.7 Å². The van der Waals surface area contributed by atoms with Gasteiger partial charge in [0, 0.05) is 11.5 Å². The number of aromatic carboxylic acids is 1. The summed E-state index contributed by atoms with van der Waals surface area (Å²) in [7, 11) is 0. The van der Waals surface area contributed by atoms with Crippen LogP contribution in [0.15, 0.2) is 6.07 Å². The van der Waals surface area contributed by atoms with Crippen molar-refractivity contribution in [2.45, 2.75) is 33.1 Å². The summed E-state index contributed by atoms with van der Waals surface area (Å²) in [5.74, 6) is -0.301. The number of carbonyl (C=O) groups is 1. The largest absolute Gasteiger partial charge is 0.478 e. The van der Waals surface area contributed by atoms with Crippen molar-refractivity contribution in [3.05, 3.63) is 17.6 Å². The topological polar surface area (TPSA) is 72.3 Å². The summed E-state index contributed by atoms with van der Waals surface area (Å²) in [5.41, 5.74) is -0.347. The molecule has 0 spiro atoms. The summed E-state index contributed by atoms with van der Waals surface area (Å²) in [5, 5.41) is 8.92. The van der Waals surface area contributed by atoms with Gasteiger partial charge in [-0.1, -0.05) is 20.8 Å². The highest BCUT2D eigenvalue weighted by molar-refractivity contribution is 5.85. The first kappa shape index (κ1) is 12.4. The zero-order valence-electron chi connectivity index (χ0n) is 9.94. The van der Waals surface area contributed by atoms with Gasteiger partial charge in [-0.05, 0) is 6.92 Å². The molecule has 0 unspecified atom stereocenters. The lowest BCUT2D eigenvalue weighted by atomic mass is 9.95. The molecule has 1 rings (SSSR count). The summed E-state index contributed by atoms with van der Waals surface area (Å²) in [6.45, 7) is 8.02. The number of carboxylic acid groups (broad SMARTS) is 1. The van der Waals surface area contributed by atoms with Crippen LogP contribution in [0.25, 0.3) is 0 Å². The molecule has 1 aromatic heterocycles. The van der Waals surface area contributed by atoms with Crippen LogP contribution in [-0.4, -0.2) is 27.7 Å². The average Bonchev–Trinajstić information content (AvgIpc) is 2.16. The molecule has 0 bridgehead atoms. The Labute approximate surface area is 94.5 Å². The van der Waals surface area contributed by atoms with Gasteiger partial charge in [0.25, 0.3) is 0 Å². The highest BCUT2D eigenvalue weighted by atomic mass is 16.5. The van der Waals surface area contributed by atoms with Crippen LogP contribution in [0.5, 0.6) is 5.88 Å². The SMILES string of the molecule is CCOc1cc(C(=O)O)nc(C(C)(C)C)n1. The van der Waals surface area contributed by atoms with Crippen LogP contribution in [-0.2, 0) is 5.41 Å². The predicted molar refractivity (Wildman–Crippen MR) is 58.9 cm³/mol. The molecule has 0 radical (unpaired) electrons. The van der Waals surface area contributed by atoms with Gasteiger partial charge >= 0.3 is 5.97 Å². The van der Waals surface area contributed by atoms with Gasteiger partial charge in [0.1, 0.15) is 5.82 Å². The molecular weight excluding hydrogens is 208 g/mol. The molecule has 5 heteroatoms. The quantitative estimate of drug-likeness (QED) is 0.848. The first-order valence-corrected chi connectivity index (χ1v) is 5.10. The molecule has 0 aliphatic heterocycles. The molecular formula is C11H16N2O3. The minimum absolute atomic E-state index is 0.0385. The van der Waals surface area contributed by atoms with Crippen LogP contribution in [0.4, 0.5) is 0 Å². The third-order valence-electron chi connectivity index (χ3n) is 1.88. The second-order valence-corrected chi connectivity index (χ2v) is 4.40. The third-order valence-corrected chi connectivity index (χ3v) is 1.88. The Morgan fingerprint density at radius 2 is 2.06 bits per heavy atom. The van der Waals surface area contributed by atoms with E-state index in [9.17, 15) is 4.79 Å². The Hall–Kier alpha value is -1.65. The second-order valence-electron chi connectivity index (χ2n) is 4.40. The Bertz CT molecular complexity index is 397. The molecule has 5 nitrogen and oxygen atoms in total. The van der Waals surface area contributed by atoms with E-state index in [1.54, 1.807) is 0 Å². The fraction of sp³-hybridized carbons (Fsp3) is 0.545. The fourth-order valence-corrected chi connectivity index (χ4v) is 1.09. The molecule has 0 saturated heterocycles. The number of carboxylic acids is 1. The van der Waals surface area contributed by atoms with E-state index in [0.29, 0.717) is 18.3 Å². The Kier molecular flexibility index (Phi) is 3.47. The van der Waals surface area contributed by atoms with Gasteiger partial charge in [-0.15, -0.1) is 0 Å². The standard InChI is InChI=1S/C11H16N2O3/c1-5-16-8-6-7(9(14)15)12-10(13-8)11(2,3)4/h6H,5H2,1-4H3,(H,14,15). The van der Waals surface area contributed by atoms with Gasteiger partial charge < -0.3 is 9.84 Å². The first-order valence-electron chi connectivity index (χ1n) is 5.10. The minimum Gasteiger partial charge on any atom is -0.478 e. The van der Waals surface area contributed by atoms with Gasteiger partial charge in [0.05, 0.1) is 6.61 Å². The molecule has 16 heavy (non-hydrogen) atoms.